The highest BCUT2D eigenvalue weighted by Crippen LogP contribution is 2.11. The quantitative estimate of drug-likeness (QED) is 0.888. The molecule has 0 fully saturated rings. The van der Waals surface area contributed by atoms with Crippen molar-refractivity contribution in [3.63, 3.8) is 0 Å². The van der Waals surface area contributed by atoms with Gasteiger partial charge in [0.2, 0.25) is 0 Å². The number of carbonyl (C=O) groups excluding carboxylic acids is 1. The molecule has 106 valence electrons. The monoisotopic (exact) mass is 290 g/mol. The predicted octanol–water partition coefficient (Wildman–Crippen LogP) is 2.60. The Morgan fingerprint density at radius 2 is 2.25 bits per heavy atom. The van der Waals surface area contributed by atoms with Gasteiger partial charge in [0.15, 0.2) is 0 Å². The van der Waals surface area contributed by atoms with Gasteiger partial charge in [0.25, 0.3) is 5.91 Å². The third-order valence-corrected chi connectivity index (χ3v) is 3.38. The zero-order valence-electron chi connectivity index (χ0n) is 11.8. The van der Waals surface area contributed by atoms with Crippen LogP contribution in [-0.4, -0.2) is 21.9 Å². The summed E-state index contributed by atoms with van der Waals surface area (Å²) in [5.74, 6) is 0.585. The van der Waals surface area contributed by atoms with E-state index in [0.717, 1.165) is 10.7 Å². The standard InChI is InChI=1S/C14H18N4OS/c1-9(2)17-14(19)11-4-5-15-13(6-11)16-7-12-8-20-10(3)18-12/h4-6,8-9H,7H2,1-3H3,(H,15,16)(H,17,19). The fourth-order valence-electron chi connectivity index (χ4n) is 1.68. The van der Waals surface area contributed by atoms with Gasteiger partial charge >= 0.3 is 0 Å². The molecule has 2 aromatic heterocycles. The van der Waals surface area contributed by atoms with Gasteiger partial charge in [0.1, 0.15) is 5.82 Å². The van der Waals surface area contributed by atoms with Gasteiger partial charge in [-0.05, 0) is 32.9 Å². The van der Waals surface area contributed by atoms with Crippen LogP contribution in [0.1, 0.15) is 34.9 Å². The van der Waals surface area contributed by atoms with Crippen LogP contribution < -0.4 is 10.6 Å². The number of nitrogens with one attached hydrogen (secondary N) is 2. The summed E-state index contributed by atoms with van der Waals surface area (Å²) in [6.45, 7) is 6.45. The first-order valence-corrected chi connectivity index (χ1v) is 7.34. The number of hydrogen-bond donors (Lipinski definition) is 2. The number of pyridine rings is 1. The van der Waals surface area contributed by atoms with Crippen LogP contribution in [0.5, 0.6) is 0 Å². The normalized spacial score (nSPS) is 10.6. The number of aromatic nitrogens is 2. The molecule has 0 unspecified atom stereocenters. The van der Waals surface area contributed by atoms with Crippen molar-refractivity contribution in [1.29, 1.82) is 0 Å². The smallest absolute Gasteiger partial charge is 0.251 e. The average Bonchev–Trinajstić information content (AvgIpc) is 2.82. The SMILES string of the molecule is Cc1nc(CNc2cc(C(=O)NC(C)C)ccn2)cs1. The highest BCUT2D eigenvalue weighted by molar-refractivity contribution is 7.09. The summed E-state index contributed by atoms with van der Waals surface area (Å²) in [7, 11) is 0. The third-order valence-electron chi connectivity index (χ3n) is 2.56. The molecular weight excluding hydrogens is 272 g/mol. The molecule has 6 heteroatoms. The van der Waals surface area contributed by atoms with Gasteiger partial charge in [-0.1, -0.05) is 0 Å². The Morgan fingerprint density at radius 1 is 1.45 bits per heavy atom. The summed E-state index contributed by atoms with van der Waals surface area (Å²) in [5, 5.41) is 9.09. The van der Waals surface area contributed by atoms with Gasteiger partial charge in [-0.25, -0.2) is 9.97 Å². The Bertz CT molecular complexity index is 594. The zero-order chi connectivity index (χ0) is 14.5. The van der Waals surface area contributed by atoms with Crippen molar-refractivity contribution >= 4 is 23.1 Å². The lowest BCUT2D eigenvalue weighted by atomic mass is 10.2. The van der Waals surface area contributed by atoms with Crippen molar-refractivity contribution < 1.29 is 4.79 Å². The summed E-state index contributed by atoms with van der Waals surface area (Å²) >= 11 is 1.62. The minimum Gasteiger partial charge on any atom is -0.364 e. The Hall–Kier alpha value is -1.95. The molecule has 5 nitrogen and oxygen atoms in total. The van der Waals surface area contributed by atoms with Gasteiger partial charge in [0, 0.05) is 23.2 Å². The first-order chi connectivity index (χ1) is 9.54. The van der Waals surface area contributed by atoms with Crippen LogP contribution >= 0.6 is 11.3 Å². The predicted molar refractivity (Wildman–Crippen MR) is 81.0 cm³/mol. The molecule has 20 heavy (non-hydrogen) atoms. The summed E-state index contributed by atoms with van der Waals surface area (Å²) in [5.41, 5.74) is 1.58. The Labute approximate surface area is 122 Å². The molecule has 2 rings (SSSR count). The molecule has 0 saturated carbocycles. The molecule has 1 amide bonds. The van der Waals surface area contributed by atoms with E-state index in [1.165, 1.54) is 0 Å². The van der Waals surface area contributed by atoms with Crippen LogP contribution in [0.3, 0.4) is 0 Å². The second-order valence-electron chi connectivity index (χ2n) is 4.77. The lowest BCUT2D eigenvalue weighted by Gasteiger charge is -2.09. The minimum absolute atomic E-state index is 0.0880. The van der Waals surface area contributed by atoms with E-state index in [4.69, 9.17) is 0 Å². The number of carbonyl (C=O) groups is 1. The summed E-state index contributed by atoms with van der Waals surface area (Å²) in [6.07, 6.45) is 1.63. The lowest BCUT2D eigenvalue weighted by molar-refractivity contribution is 0.0943. The summed E-state index contributed by atoms with van der Waals surface area (Å²) in [6, 6.07) is 3.57. The zero-order valence-corrected chi connectivity index (χ0v) is 12.6. The molecule has 0 aromatic carbocycles. The number of nitrogens with zero attached hydrogens (tertiary/aromatic N) is 2. The molecule has 0 aliphatic carbocycles. The van der Waals surface area contributed by atoms with Gasteiger partial charge in [-0.15, -0.1) is 11.3 Å². The molecular formula is C14H18N4OS. The molecule has 0 spiro atoms. The molecule has 0 atom stereocenters. The fraction of sp³-hybridized carbons (Fsp3) is 0.357. The number of aryl methyl sites for hydroxylation is 1. The molecule has 2 aromatic rings. The van der Waals surface area contributed by atoms with Gasteiger partial charge in [-0.3, -0.25) is 4.79 Å². The Kier molecular flexibility index (Phi) is 4.68. The highest BCUT2D eigenvalue weighted by Gasteiger charge is 2.08. The van der Waals surface area contributed by atoms with Crippen molar-refractivity contribution in [2.24, 2.45) is 0 Å². The number of amides is 1. The molecule has 0 aliphatic rings. The van der Waals surface area contributed by atoms with Crippen molar-refractivity contribution in [1.82, 2.24) is 15.3 Å². The van der Waals surface area contributed by atoms with Crippen LogP contribution in [0.25, 0.3) is 0 Å². The average molecular weight is 290 g/mol. The molecule has 2 heterocycles. The van der Waals surface area contributed by atoms with E-state index in [-0.39, 0.29) is 11.9 Å². The van der Waals surface area contributed by atoms with E-state index in [9.17, 15) is 4.79 Å². The van der Waals surface area contributed by atoms with Crippen LogP contribution in [0, 0.1) is 6.92 Å². The number of hydrogen-bond acceptors (Lipinski definition) is 5. The minimum atomic E-state index is -0.0880. The number of thiazole rings is 1. The van der Waals surface area contributed by atoms with E-state index >= 15 is 0 Å². The van der Waals surface area contributed by atoms with E-state index in [2.05, 4.69) is 20.6 Å². The van der Waals surface area contributed by atoms with E-state index in [1.54, 1.807) is 29.7 Å². The number of rotatable bonds is 5. The highest BCUT2D eigenvalue weighted by atomic mass is 32.1. The molecule has 0 bridgehead atoms. The summed E-state index contributed by atoms with van der Waals surface area (Å²) < 4.78 is 0. The molecule has 2 N–H and O–H groups in total. The largest absolute Gasteiger partial charge is 0.364 e. The van der Waals surface area contributed by atoms with Crippen LogP contribution in [0.4, 0.5) is 5.82 Å². The van der Waals surface area contributed by atoms with E-state index in [0.29, 0.717) is 17.9 Å². The van der Waals surface area contributed by atoms with Gasteiger partial charge in [-0.2, -0.15) is 0 Å². The summed E-state index contributed by atoms with van der Waals surface area (Å²) in [4.78, 5) is 20.5. The van der Waals surface area contributed by atoms with Crippen molar-refractivity contribution in [3.05, 3.63) is 40.0 Å². The van der Waals surface area contributed by atoms with Gasteiger partial charge < -0.3 is 10.6 Å². The van der Waals surface area contributed by atoms with Crippen LogP contribution in [0.2, 0.25) is 0 Å². The first kappa shape index (κ1) is 14.5. The molecule has 0 radical (unpaired) electrons. The first-order valence-electron chi connectivity index (χ1n) is 6.46. The third kappa shape index (κ3) is 4.03. The van der Waals surface area contributed by atoms with Crippen molar-refractivity contribution in [3.8, 4) is 0 Å². The maximum Gasteiger partial charge on any atom is 0.251 e. The maximum atomic E-state index is 11.9. The van der Waals surface area contributed by atoms with Crippen LogP contribution in [-0.2, 0) is 6.54 Å². The van der Waals surface area contributed by atoms with Crippen molar-refractivity contribution in [2.45, 2.75) is 33.4 Å². The van der Waals surface area contributed by atoms with Crippen molar-refractivity contribution in [2.75, 3.05) is 5.32 Å². The lowest BCUT2D eigenvalue weighted by Crippen LogP contribution is -2.30. The maximum absolute atomic E-state index is 11.9. The van der Waals surface area contributed by atoms with E-state index < -0.39 is 0 Å². The van der Waals surface area contributed by atoms with E-state index in [1.807, 2.05) is 26.2 Å². The number of anilines is 1. The molecule has 0 aliphatic heterocycles. The second kappa shape index (κ2) is 6.47. The topological polar surface area (TPSA) is 66.9 Å². The Balaban J connectivity index is 2.00. The Morgan fingerprint density at radius 3 is 2.90 bits per heavy atom. The van der Waals surface area contributed by atoms with Gasteiger partial charge in [0.05, 0.1) is 17.2 Å². The molecule has 0 saturated heterocycles. The van der Waals surface area contributed by atoms with Crippen LogP contribution in [0.15, 0.2) is 23.7 Å². The fourth-order valence-corrected chi connectivity index (χ4v) is 2.30. The second-order valence-corrected chi connectivity index (χ2v) is 5.83.